The van der Waals surface area contributed by atoms with Crippen LogP contribution in [-0.4, -0.2) is 54.3 Å². The quantitative estimate of drug-likeness (QED) is 0.436. The summed E-state index contributed by atoms with van der Waals surface area (Å²) in [5.41, 5.74) is 0.318. The van der Waals surface area contributed by atoms with Gasteiger partial charge in [0.05, 0.1) is 31.8 Å². The van der Waals surface area contributed by atoms with Crippen molar-refractivity contribution in [2.45, 2.75) is 25.7 Å². The Bertz CT molecular complexity index is 965. The first-order valence-electron chi connectivity index (χ1n) is 10.3. The van der Waals surface area contributed by atoms with Gasteiger partial charge < -0.3 is 24.3 Å². The van der Waals surface area contributed by atoms with Crippen LogP contribution in [0.5, 0.6) is 23.0 Å². The fourth-order valence-corrected chi connectivity index (χ4v) is 3.85. The molecule has 0 bridgehead atoms. The van der Waals surface area contributed by atoms with Crippen LogP contribution in [0.25, 0.3) is 0 Å². The van der Waals surface area contributed by atoms with Gasteiger partial charge in [0.15, 0.2) is 11.5 Å². The van der Waals surface area contributed by atoms with E-state index in [4.69, 9.17) is 18.9 Å². The van der Waals surface area contributed by atoms with Crippen molar-refractivity contribution < 1.29 is 32.2 Å². The third-order valence-electron chi connectivity index (χ3n) is 4.24. The van der Waals surface area contributed by atoms with E-state index >= 15 is 0 Å². The summed E-state index contributed by atoms with van der Waals surface area (Å²) in [4.78, 5) is 12.7. The molecule has 176 valence electrons. The Labute approximate surface area is 189 Å². The molecule has 0 saturated carbocycles. The first-order valence-corrected chi connectivity index (χ1v) is 11.8. The maximum absolute atomic E-state index is 12.6. The van der Waals surface area contributed by atoms with E-state index in [0.717, 1.165) is 0 Å². The fraction of sp³-hybridized carbons (Fsp3) is 0.409. The van der Waals surface area contributed by atoms with Gasteiger partial charge in [-0.2, -0.15) is 0 Å². The van der Waals surface area contributed by atoms with Gasteiger partial charge >= 0.3 is 0 Å². The van der Waals surface area contributed by atoms with Crippen LogP contribution in [0.3, 0.4) is 0 Å². The van der Waals surface area contributed by atoms with E-state index in [1.165, 1.54) is 19.2 Å². The van der Waals surface area contributed by atoms with Crippen LogP contribution in [0.1, 0.15) is 31.1 Å². The van der Waals surface area contributed by atoms with Crippen LogP contribution in [-0.2, 0) is 10.0 Å². The second-order valence-electron chi connectivity index (χ2n) is 6.43. The van der Waals surface area contributed by atoms with E-state index in [0.29, 0.717) is 48.4 Å². The maximum atomic E-state index is 12.6. The number of sulfonamides is 1. The number of nitrogens with one attached hydrogen (secondary N) is 2. The van der Waals surface area contributed by atoms with Crippen LogP contribution >= 0.6 is 0 Å². The average molecular weight is 467 g/mol. The molecule has 0 aromatic heterocycles. The molecule has 2 N–H and O–H groups in total. The minimum atomic E-state index is -3.70. The Balaban J connectivity index is 2.03. The summed E-state index contributed by atoms with van der Waals surface area (Å²) >= 11 is 0. The largest absolute Gasteiger partial charge is 0.497 e. The predicted octanol–water partition coefficient (Wildman–Crippen LogP) is 2.60. The molecule has 0 atom stereocenters. The summed E-state index contributed by atoms with van der Waals surface area (Å²) in [7, 11) is -2.20. The molecule has 0 saturated heterocycles. The zero-order valence-corrected chi connectivity index (χ0v) is 19.6. The molecule has 9 nitrogen and oxygen atoms in total. The molecular weight excluding hydrogens is 436 g/mol. The molecule has 0 spiro atoms. The van der Waals surface area contributed by atoms with Gasteiger partial charge in [-0.15, -0.1) is 0 Å². The standard InChI is InChI=1S/C22H30N2O7S/c1-5-29-19-14-16(15-20(30-6-2)21(19)31-7-3)22(25)23-12-13-24-32(26,27)18-10-8-17(28-4)9-11-18/h8-11,14-15,24H,5-7,12-13H2,1-4H3,(H,23,25). The molecule has 0 aliphatic heterocycles. The molecule has 0 unspecified atom stereocenters. The summed E-state index contributed by atoms with van der Waals surface area (Å²) in [6.45, 7) is 6.82. The third kappa shape index (κ3) is 6.76. The van der Waals surface area contributed by atoms with Crippen molar-refractivity contribution in [1.82, 2.24) is 10.0 Å². The Kier molecular flexibility index (Phi) is 9.61. The van der Waals surface area contributed by atoms with Crippen LogP contribution in [0.4, 0.5) is 0 Å². The van der Waals surface area contributed by atoms with Gasteiger partial charge in [-0.05, 0) is 57.2 Å². The van der Waals surface area contributed by atoms with Crippen LogP contribution in [0.2, 0.25) is 0 Å². The minimum absolute atomic E-state index is 0.0216. The normalized spacial score (nSPS) is 11.0. The number of ether oxygens (including phenoxy) is 4. The number of carbonyl (C=O) groups is 1. The molecule has 2 aromatic rings. The van der Waals surface area contributed by atoms with Gasteiger partial charge in [0.25, 0.3) is 5.91 Å². The highest BCUT2D eigenvalue weighted by Gasteiger charge is 2.19. The first-order chi connectivity index (χ1) is 15.4. The second kappa shape index (κ2) is 12.2. The molecule has 2 aromatic carbocycles. The number of amides is 1. The highest BCUT2D eigenvalue weighted by Crippen LogP contribution is 2.39. The second-order valence-corrected chi connectivity index (χ2v) is 8.20. The Morgan fingerprint density at radius 1 is 0.875 bits per heavy atom. The van der Waals surface area contributed by atoms with Gasteiger partial charge in [0, 0.05) is 18.7 Å². The number of rotatable bonds is 13. The van der Waals surface area contributed by atoms with Crippen molar-refractivity contribution in [2.75, 3.05) is 40.0 Å². The van der Waals surface area contributed by atoms with Gasteiger partial charge in [0.1, 0.15) is 5.75 Å². The van der Waals surface area contributed by atoms with Crippen LogP contribution in [0.15, 0.2) is 41.3 Å². The van der Waals surface area contributed by atoms with E-state index in [1.807, 2.05) is 20.8 Å². The van der Waals surface area contributed by atoms with Gasteiger partial charge in [-0.25, -0.2) is 13.1 Å². The van der Waals surface area contributed by atoms with E-state index in [1.54, 1.807) is 24.3 Å². The summed E-state index contributed by atoms with van der Waals surface area (Å²) in [5, 5.41) is 2.69. The molecule has 2 rings (SSSR count). The topological polar surface area (TPSA) is 112 Å². The molecule has 1 amide bonds. The molecule has 0 fully saturated rings. The first kappa shape index (κ1) is 25.3. The van der Waals surface area contributed by atoms with Crippen LogP contribution < -0.4 is 29.0 Å². The molecule has 0 radical (unpaired) electrons. The van der Waals surface area contributed by atoms with Crippen molar-refractivity contribution in [3.8, 4) is 23.0 Å². The summed E-state index contributed by atoms with van der Waals surface area (Å²) < 4.78 is 49.1. The lowest BCUT2D eigenvalue weighted by molar-refractivity contribution is 0.0953. The lowest BCUT2D eigenvalue weighted by atomic mass is 10.1. The lowest BCUT2D eigenvalue weighted by Gasteiger charge is -2.17. The zero-order valence-electron chi connectivity index (χ0n) is 18.8. The van der Waals surface area contributed by atoms with Crippen molar-refractivity contribution in [1.29, 1.82) is 0 Å². The highest BCUT2D eigenvalue weighted by atomic mass is 32.2. The summed E-state index contributed by atoms with van der Waals surface area (Å²) in [6.07, 6.45) is 0. The molecule has 0 aliphatic rings. The van der Waals surface area contributed by atoms with E-state index < -0.39 is 15.9 Å². The van der Waals surface area contributed by atoms with E-state index in [2.05, 4.69) is 10.0 Å². The van der Waals surface area contributed by atoms with Crippen molar-refractivity contribution in [3.63, 3.8) is 0 Å². The highest BCUT2D eigenvalue weighted by molar-refractivity contribution is 7.89. The van der Waals surface area contributed by atoms with Gasteiger partial charge in [0.2, 0.25) is 15.8 Å². The molecular formula is C22H30N2O7S. The molecule has 32 heavy (non-hydrogen) atoms. The van der Waals surface area contributed by atoms with Crippen molar-refractivity contribution in [3.05, 3.63) is 42.0 Å². The number of benzene rings is 2. The third-order valence-corrected chi connectivity index (χ3v) is 5.72. The number of hydrogen-bond acceptors (Lipinski definition) is 7. The van der Waals surface area contributed by atoms with Gasteiger partial charge in [-0.3, -0.25) is 4.79 Å². The maximum Gasteiger partial charge on any atom is 0.251 e. The number of methoxy groups -OCH3 is 1. The average Bonchev–Trinajstić information content (AvgIpc) is 2.79. The van der Waals surface area contributed by atoms with E-state index in [-0.39, 0.29) is 18.0 Å². The summed E-state index contributed by atoms with van der Waals surface area (Å²) in [6, 6.07) is 9.18. The Hall–Kier alpha value is -2.98. The van der Waals surface area contributed by atoms with Crippen molar-refractivity contribution in [2.24, 2.45) is 0 Å². The van der Waals surface area contributed by atoms with E-state index in [9.17, 15) is 13.2 Å². The fourth-order valence-electron chi connectivity index (χ4n) is 2.82. The summed E-state index contributed by atoms with van der Waals surface area (Å²) in [5.74, 6) is 1.43. The van der Waals surface area contributed by atoms with Crippen LogP contribution in [0, 0.1) is 0 Å². The Morgan fingerprint density at radius 3 is 1.94 bits per heavy atom. The number of carbonyl (C=O) groups excluding carboxylic acids is 1. The Morgan fingerprint density at radius 2 is 1.44 bits per heavy atom. The molecule has 0 heterocycles. The zero-order chi connectivity index (χ0) is 23.6. The SMILES string of the molecule is CCOc1cc(C(=O)NCCNS(=O)(=O)c2ccc(OC)cc2)cc(OCC)c1OCC. The molecule has 10 heteroatoms. The lowest BCUT2D eigenvalue weighted by Crippen LogP contribution is -2.34. The predicted molar refractivity (Wildman–Crippen MR) is 120 cm³/mol. The van der Waals surface area contributed by atoms with Gasteiger partial charge in [-0.1, -0.05) is 0 Å². The van der Waals surface area contributed by atoms with Crippen molar-refractivity contribution >= 4 is 15.9 Å². The monoisotopic (exact) mass is 466 g/mol. The smallest absolute Gasteiger partial charge is 0.251 e. The number of hydrogen-bond donors (Lipinski definition) is 2. The minimum Gasteiger partial charge on any atom is -0.497 e. The molecule has 0 aliphatic carbocycles.